The molecule has 0 saturated heterocycles. The Balaban J connectivity index is 1.55. The first-order valence-corrected chi connectivity index (χ1v) is 9.94. The zero-order valence-electron chi connectivity index (χ0n) is 16.5. The van der Waals surface area contributed by atoms with Gasteiger partial charge in [-0.25, -0.2) is 0 Å². The highest BCUT2D eigenvalue weighted by atomic mass is 32.2. The summed E-state index contributed by atoms with van der Waals surface area (Å²) >= 11 is 1.48. The molecule has 0 saturated carbocycles. The van der Waals surface area contributed by atoms with Crippen molar-refractivity contribution in [2.24, 2.45) is 14.1 Å². The first kappa shape index (κ1) is 19.1. The van der Waals surface area contributed by atoms with Crippen LogP contribution >= 0.6 is 11.8 Å². The molecule has 3 heterocycles. The predicted octanol–water partition coefficient (Wildman–Crippen LogP) is 3.39. The van der Waals surface area contributed by atoms with Gasteiger partial charge in [0.25, 0.3) is 11.4 Å². The molecular weight excluding hydrogens is 388 g/mol. The van der Waals surface area contributed by atoms with Crippen LogP contribution in [0.15, 0.2) is 57.1 Å². The van der Waals surface area contributed by atoms with Crippen LogP contribution in [0.25, 0.3) is 22.8 Å². The Kier molecular flexibility index (Phi) is 5.06. The Morgan fingerprint density at radius 1 is 1.10 bits per heavy atom. The van der Waals surface area contributed by atoms with Gasteiger partial charge >= 0.3 is 0 Å². The number of pyridine rings is 1. The fraction of sp³-hybridized carbons (Fsp3) is 0.250. The Morgan fingerprint density at radius 2 is 1.93 bits per heavy atom. The van der Waals surface area contributed by atoms with Crippen molar-refractivity contribution in [3.05, 3.63) is 64.3 Å². The third-order valence-electron chi connectivity index (χ3n) is 4.55. The van der Waals surface area contributed by atoms with Gasteiger partial charge in [0.2, 0.25) is 0 Å². The zero-order valence-corrected chi connectivity index (χ0v) is 17.3. The van der Waals surface area contributed by atoms with Gasteiger partial charge in [-0.1, -0.05) is 34.6 Å². The van der Waals surface area contributed by atoms with E-state index in [1.54, 1.807) is 19.3 Å². The molecule has 4 rings (SSSR count). The normalized spacial score (nSPS) is 12.3. The second-order valence-electron chi connectivity index (χ2n) is 6.82. The molecule has 0 bridgehead atoms. The van der Waals surface area contributed by atoms with Gasteiger partial charge in [-0.15, -0.1) is 10.2 Å². The van der Waals surface area contributed by atoms with Crippen molar-refractivity contribution in [3.63, 3.8) is 0 Å². The molecular formula is C20H20N6O2S. The number of aryl methyl sites for hydroxylation is 2. The van der Waals surface area contributed by atoms with Crippen LogP contribution in [0.1, 0.15) is 23.6 Å². The third-order valence-corrected chi connectivity index (χ3v) is 5.68. The molecule has 9 heteroatoms. The molecule has 148 valence electrons. The molecule has 3 aromatic heterocycles. The van der Waals surface area contributed by atoms with Gasteiger partial charge in [0.1, 0.15) is 0 Å². The average Bonchev–Trinajstić information content (AvgIpc) is 3.32. The molecule has 0 unspecified atom stereocenters. The summed E-state index contributed by atoms with van der Waals surface area (Å²) in [6.07, 6.45) is 1.72. The summed E-state index contributed by atoms with van der Waals surface area (Å²) < 4.78 is 8.81. The molecule has 0 radical (unpaired) electrons. The van der Waals surface area contributed by atoms with E-state index in [0.717, 1.165) is 16.7 Å². The molecule has 1 aromatic carbocycles. The number of aromatic nitrogens is 6. The minimum absolute atomic E-state index is 0.0864. The minimum atomic E-state index is -0.0939. The number of hydrogen-bond acceptors (Lipinski definition) is 7. The quantitative estimate of drug-likeness (QED) is 0.467. The number of thioether (sulfide) groups is 1. The van der Waals surface area contributed by atoms with Gasteiger partial charge in [0.05, 0.1) is 5.25 Å². The summed E-state index contributed by atoms with van der Waals surface area (Å²) in [6.45, 7) is 4.01. The van der Waals surface area contributed by atoms with Crippen molar-refractivity contribution >= 4 is 11.8 Å². The van der Waals surface area contributed by atoms with Crippen molar-refractivity contribution < 1.29 is 4.52 Å². The second kappa shape index (κ2) is 7.67. The molecule has 0 fully saturated rings. The van der Waals surface area contributed by atoms with Crippen molar-refractivity contribution in [3.8, 4) is 22.8 Å². The Morgan fingerprint density at radius 3 is 2.69 bits per heavy atom. The smallest absolute Gasteiger partial charge is 0.257 e. The number of nitrogens with zero attached hydrogens (tertiary/aromatic N) is 6. The standard InChI is InChI=1S/C20H20N6O2S/c1-12-6-5-7-15(10-12)19-21-17(24-28-19)13(2)29-20-23-22-18(26(20)4)14-8-9-25(3)16(27)11-14/h5-11,13H,1-4H3/t13-/m1/s1. The molecule has 29 heavy (non-hydrogen) atoms. The number of hydrogen-bond donors (Lipinski definition) is 0. The van der Waals surface area contributed by atoms with Crippen LogP contribution in [0.2, 0.25) is 0 Å². The van der Waals surface area contributed by atoms with Crippen molar-refractivity contribution in [1.29, 1.82) is 0 Å². The summed E-state index contributed by atoms with van der Waals surface area (Å²) in [4.78, 5) is 16.4. The predicted molar refractivity (Wildman–Crippen MR) is 110 cm³/mol. The highest BCUT2D eigenvalue weighted by Crippen LogP contribution is 2.34. The van der Waals surface area contributed by atoms with E-state index in [0.29, 0.717) is 22.7 Å². The highest BCUT2D eigenvalue weighted by molar-refractivity contribution is 7.99. The van der Waals surface area contributed by atoms with Crippen LogP contribution in [0.4, 0.5) is 0 Å². The van der Waals surface area contributed by atoms with Gasteiger partial charge in [0, 0.05) is 37.5 Å². The lowest BCUT2D eigenvalue weighted by atomic mass is 10.1. The molecule has 8 nitrogen and oxygen atoms in total. The first-order valence-electron chi connectivity index (χ1n) is 9.06. The fourth-order valence-electron chi connectivity index (χ4n) is 2.86. The summed E-state index contributed by atoms with van der Waals surface area (Å²) in [5.41, 5.74) is 2.66. The van der Waals surface area contributed by atoms with Gasteiger partial charge in [-0.3, -0.25) is 4.79 Å². The van der Waals surface area contributed by atoms with Crippen LogP contribution in [-0.4, -0.2) is 29.5 Å². The number of rotatable bonds is 5. The van der Waals surface area contributed by atoms with Gasteiger partial charge in [0.15, 0.2) is 16.8 Å². The van der Waals surface area contributed by atoms with E-state index in [2.05, 4.69) is 20.3 Å². The van der Waals surface area contributed by atoms with E-state index in [-0.39, 0.29) is 10.8 Å². The lowest BCUT2D eigenvalue weighted by Crippen LogP contribution is -2.14. The Bertz CT molecular complexity index is 1230. The fourth-order valence-corrected chi connectivity index (χ4v) is 3.71. The molecule has 0 N–H and O–H groups in total. The van der Waals surface area contributed by atoms with Gasteiger partial charge < -0.3 is 13.7 Å². The molecule has 0 amide bonds. The van der Waals surface area contributed by atoms with Crippen molar-refractivity contribution in [2.45, 2.75) is 24.3 Å². The Labute approximate surface area is 171 Å². The maximum atomic E-state index is 11.9. The van der Waals surface area contributed by atoms with E-state index in [1.807, 2.05) is 55.8 Å². The third kappa shape index (κ3) is 3.86. The van der Waals surface area contributed by atoms with Crippen LogP contribution in [-0.2, 0) is 14.1 Å². The largest absolute Gasteiger partial charge is 0.334 e. The summed E-state index contributed by atoms with van der Waals surface area (Å²) in [7, 11) is 3.58. The minimum Gasteiger partial charge on any atom is -0.334 e. The van der Waals surface area contributed by atoms with E-state index >= 15 is 0 Å². The lowest BCUT2D eigenvalue weighted by Gasteiger charge is -2.07. The molecule has 0 aliphatic rings. The van der Waals surface area contributed by atoms with Crippen molar-refractivity contribution in [2.75, 3.05) is 0 Å². The van der Waals surface area contributed by atoms with Gasteiger partial charge in [-0.2, -0.15) is 4.98 Å². The summed E-state index contributed by atoms with van der Waals surface area (Å²) in [5, 5.41) is 13.3. The molecule has 0 aliphatic carbocycles. The summed E-state index contributed by atoms with van der Waals surface area (Å²) in [6, 6.07) is 11.3. The summed E-state index contributed by atoms with van der Waals surface area (Å²) in [5.74, 6) is 1.71. The van der Waals surface area contributed by atoms with E-state index < -0.39 is 0 Å². The first-order chi connectivity index (χ1) is 13.9. The maximum Gasteiger partial charge on any atom is 0.257 e. The number of benzene rings is 1. The van der Waals surface area contributed by atoms with Crippen LogP contribution in [0.3, 0.4) is 0 Å². The molecule has 0 spiro atoms. The van der Waals surface area contributed by atoms with Crippen LogP contribution in [0, 0.1) is 6.92 Å². The lowest BCUT2D eigenvalue weighted by molar-refractivity contribution is 0.423. The van der Waals surface area contributed by atoms with E-state index in [1.165, 1.54) is 16.3 Å². The highest BCUT2D eigenvalue weighted by Gasteiger charge is 2.20. The topological polar surface area (TPSA) is 91.6 Å². The monoisotopic (exact) mass is 408 g/mol. The molecule has 0 aliphatic heterocycles. The second-order valence-corrected chi connectivity index (χ2v) is 8.13. The molecule has 4 aromatic rings. The van der Waals surface area contributed by atoms with Crippen LogP contribution in [0.5, 0.6) is 0 Å². The molecule has 1 atom stereocenters. The van der Waals surface area contributed by atoms with E-state index in [4.69, 9.17) is 4.52 Å². The zero-order chi connectivity index (χ0) is 20.5. The Hall–Kier alpha value is -3.20. The maximum absolute atomic E-state index is 11.9. The van der Waals surface area contributed by atoms with Crippen LogP contribution < -0.4 is 5.56 Å². The average molecular weight is 408 g/mol. The SMILES string of the molecule is Cc1cccc(-c2nc([C@@H](C)Sc3nnc(-c4ccn(C)c(=O)c4)n3C)no2)c1. The van der Waals surface area contributed by atoms with E-state index in [9.17, 15) is 4.79 Å². The van der Waals surface area contributed by atoms with Gasteiger partial charge in [-0.05, 0) is 32.0 Å². The van der Waals surface area contributed by atoms with Crippen molar-refractivity contribution in [1.82, 2.24) is 29.5 Å².